The van der Waals surface area contributed by atoms with Gasteiger partial charge in [0.05, 0.1) is 6.33 Å². The van der Waals surface area contributed by atoms with Crippen LogP contribution in [0, 0.1) is 0 Å². The van der Waals surface area contributed by atoms with E-state index < -0.39 is 0 Å². The Morgan fingerprint density at radius 2 is 2.31 bits per heavy atom. The van der Waals surface area contributed by atoms with Gasteiger partial charge in [-0.25, -0.2) is 4.98 Å². The molecule has 0 aliphatic carbocycles. The monoisotopic (exact) mass is 192 g/mol. The third kappa shape index (κ3) is 1.73. The van der Waals surface area contributed by atoms with Crippen molar-refractivity contribution in [3.63, 3.8) is 0 Å². The molecule has 0 aliphatic heterocycles. The summed E-state index contributed by atoms with van der Waals surface area (Å²) in [5, 5.41) is 0. The van der Waals surface area contributed by atoms with E-state index in [4.69, 9.17) is 11.6 Å². The smallest absolute Gasteiger partial charge is 0.0991 e. The summed E-state index contributed by atoms with van der Waals surface area (Å²) < 4.78 is 1.95. The number of benzene rings is 1. The van der Waals surface area contributed by atoms with Gasteiger partial charge in [0.2, 0.25) is 0 Å². The van der Waals surface area contributed by atoms with Gasteiger partial charge in [0, 0.05) is 24.0 Å². The van der Waals surface area contributed by atoms with Crippen molar-refractivity contribution in [1.82, 2.24) is 9.55 Å². The minimum absolute atomic E-state index is 0.544. The molecule has 1 aromatic heterocycles. The first kappa shape index (κ1) is 8.32. The summed E-state index contributed by atoms with van der Waals surface area (Å²) >= 11 is 5.74. The zero-order chi connectivity index (χ0) is 9.10. The van der Waals surface area contributed by atoms with Crippen molar-refractivity contribution in [3.8, 4) is 5.69 Å². The van der Waals surface area contributed by atoms with E-state index in [1.54, 1.807) is 12.5 Å². The Morgan fingerprint density at radius 1 is 1.38 bits per heavy atom. The third-order valence-corrected chi connectivity index (χ3v) is 2.18. The van der Waals surface area contributed by atoms with E-state index in [2.05, 4.69) is 11.1 Å². The predicted octanol–water partition coefficient (Wildman–Crippen LogP) is 2.61. The van der Waals surface area contributed by atoms with Crippen LogP contribution in [0.1, 0.15) is 5.56 Å². The van der Waals surface area contributed by atoms with Crippen molar-refractivity contribution in [2.45, 2.75) is 5.88 Å². The van der Waals surface area contributed by atoms with Gasteiger partial charge in [0.25, 0.3) is 0 Å². The molecule has 0 bridgehead atoms. The average Bonchev–Trinajstić information content (AvgIpc) is 2.71. The Balaban J connectivity index is 2.41. The molecule has 1 aromatic carbocycles. The summed E-state index contributed by atoms with van der Waals surface area (Å²) in [4.78, 5) is 3.98. The number of aromatic nitrogens is 2. The molecule has 0 unspecified atom stereocenters. The molecule has 0 N–H and O–H groups in total. The summed E-state index contributed by atoms with van der Waals surface area (Å²) in [6.45, 7) is 0. The maximum atomic E-state index is 5.74. The largest absolute Gasteiger partial charge is 0.306 e. The van der Waals surface area contributed by atoms with Crippen LogP contribution in [0.3, 0.4) is 0 Å². The Bertz CT molecular complexity index is 382. The maximum absolute atomic E-state index is 5.74. The maximum Gasteiger partial charge on any atom is 0.0991 e. The first-order chi connectivity index (χ1) is 6.40. The molecule has 2 aromatic rings. The van der Waals surface area contributed by atoms with Crippen molar-refractivity contribution < 1.29 is 0 Å². The van der Waals surface area contributed by atoms with Crippen LogP contribution in [0.15, 0.2) is 43.0 Å². The summed E-state index contributed by atoms with van der Waals surface area (Å²) in [7, 11) is 0. The van der Waals surface area contributed by atoms with Crippen LogP contribution < -0.4 is 0 Å². The van der Waals surface area contributed by atoms with Gasteiger partial charge in [0.15, 0.2) is 0 Å². The second-order valence-electron chi connectivity index (χ2n) is 2.77. The molecule has 0 amide bonds. The van der Waals surface area contributed by atoms with Gasteiger partial charge in [-0.1, -0.05) is 12.1 Å². The molecule has 0 spiro atoms. The number of rotatable bonds is 2. The third-order valence-electron chi connectivity index (χ3n) is 1.87. The summed E-state index contributed by atoms with van der Waals surface area (Å²) in [6, 6.07) is 8.08. The first-order valence-corrected chi connectivity index (χ1v) is 4.57. The summed E-state index contributed by atoms with van der Waals surface area (Å²) in [5.74, 6) is 0.544. The molecule has 13 heavy (non-hydrogen) atoms. The lowest BCUT2D eigenvalue weighted by Gasteiger charge is -2.02. The fourth-order valence-electron chi connectivity index (χ4n) is 1.21. The van der Waals surface area contributed by atoms with Crippen LogP contribution >= 0.6 is 11.6 Å². The van der Waals surface area contributed by atoms with Gasteiger partial charge in [-0.2, -0.15) is 0 Å². The quantitative estimate of drug-likeness (QED) is 0.669. The minimum Gasteiger partial charge on any atom is -0.306 e. The van der Waals surface area contributed by atoms with E-state index in [0.717, 1.165) is 11.3 Å². The molecule has 0 fully saturated rings. The van der Waals surface area contributed by atoms with Crippen LogP contribution in [0.25, 0.3) is 5.69 Å². The van der Waals surface area contributed by atoms with Crippen molar-refractivity contribution in [1.29, 1.82) is 0 Å². The number of halogens is 1. The predicted molar refractivity (Wildman–Crippen MR) is 53.1 cm³/mol. The van der Waals surface area contributed by atoms with E-state index >= 15 is 0 Å². The Labute approximate surface area is 81.8 Å². The van der Waals surface area contributed by atoms with Gasteiger partial charge in [-0.3, -0.25) is 0 Å². The average molecular weight is 193 g/mol. The highest BCUT2D eigenvalue weighted by molar-refractivity contribution is 6.17. The number of hydrogen-bond acceptors (Lipinski definition) is 1. The lowest BCUT2D eigenvalue weighted by Crippen LogP contribution is -1.90. The Hall–Kier alpha value is -1.28. The van der Waals surface area contributed by atoms with Gasteiger partial charge in [0.1, 0.15) is 0 Å². The van der Waals surface area contributed by atoms with Crippen LogP contribution in [0.4, 0.5) is 0 Å². The fraction of sp³-hybridized carbons (Fsp3) is 0.100. The van der Waals surface area contributed by atoms with Crippen LogP contribution in [0.2, 0.25) is 0 Å². The Morgan fingerprint density at radius 3 is 3.00 bits per heavy atom. The molecule has 3 heteroatoms. The van der Waals surface area contributed by atoms with E-state index in [1.165, 1.54) is 0 Å². The molecule has 66 valence electrons. The summed E-state index contributed by atoms with van der Waals surface area (Å²) in [5.41, 5.74) is 2.21. The highest BCUT2D eigenvalue weighted by Crippen LogP contribution is 2.11. The van der Waals surface area contributed by atoms with Gasteiger partial charge in [-0.15, -0.1) is 11.6 Å². The molecular formula is C10H9ClN2. The number of hydrogen-bond donors (Lipinski definition) is 0. The second-order valence-corrected chi connectivity index (χ2v) is 3.04. The second kappa shape index (κ2) is 3.62. The van der Waals surface area contributed by atoms with Crippen LogP contribution in [-0.2, 0) is 5.88 Å². The number of nitrogens with zero attached hydrogens (tertiary/aromatic N) is 2. The van der Waals surface area contributed by atoms with Gasteiger partial charge >= 0.3 is 0 Å². The van der Waals surface area contributed by atoms with Crippen molar-refractivity contribution in [2.75, 3.05) is 0 Å². The van der Waals surface area contributed by atoms with Gasteiger partial charge < -0.3 is 4.57 Å². The molecule has 0 aliphatic rings. The fourth-order valence-corrected chi connectivity index (χ4v) is 1.38. The standard InChI is InChI=1S/C10H9ClN2/c11-7-9-2-1-3-10(6-9)13-5-4-12-8-13/h1-6,8H,7H2. The van der Waals surface area contributed by atoms with Crippen LogP contribution in [0.5, 0.6) is 0 Å². The molecular weight excluding hydrogens is 184 g/mol. The SMILES string of the molecule is ClCc1cccc(-n2ccnc2)c1. The van der Waals surface area contributed by atoms with E-state index in [0.29, 0.717) is 5.88 Å². The van der Waals surface area contributed by atoms with E-state index in [9.17, 15) is 0 Å². The first-order valence-electron chi connectivity index (χ1n) is 4.03. The molecule has 0 saturated heterocycles. The van der Waals surface area contributed by atoms with E-state index in [1.807, 2.05) is 29.0 Å². The molecule has 0 atom stereocenters. The van der Waals surface area contributed by atoms with Crippen molar-refractivity contribution >= 4 is 11.6 Å². The summed E-state index contributed by atoms with van der Waals surface area (Å²) in [6.07, 6.45) is 5.44. The highest BCUT2D eigenvalue weighted by Gasteiger charge is 1.95. The number of alkyl halides is 1. The minimum atomic E-state index is 0.544. The zero-order valence-electron chi connectivity index (χ0n) is 7.02. The van der Waals surface area contributed by atoms with Crippen molar-refractivity contribution in [2.24, 2.45) is 0 Å². The van der Waals surface area contributed by atoms with E-state index in [-0.39, 0.29) is 0 Å². The normalized spacial score (nSPS) is 10.2. The molecule has 2 rings (SSSR count). The lowest BCUT2D eigenvalue weighted by atomic mass is 10.2. The van der Waals surface area contributed by atoms with Crippen LogP contribution in [-0.4, -0.2) is 9.55 Å². The lowest BCUT2D eigenvalue weighted by molar-refractivity contribution is 1.05. The molecule has 2 nitrogen and oxygen atoms in total. The zero-order valence-corrected chi connectivity index (χ0v) is 7.78. The number of imidazole rings is 1. The Kier molecular flexibility index (Phi) is 2.32. The topological polar surface area (TPSA) is 17.8 Å². The van der Waals surface area contributed by atoms with Gasteiger partial charge in [-0.05, 0) is 17.7 Å². The molecule has 1 heterocycles. The highest BCUT2D eigenvalue weighted by atomic mass is 35.5. The molecule has 0 saturated carbocycles. The molecule has 0 radical (unpaired) electrons. The van der Waals surface area contributed by atoms with Crippen molar-refractivity contribution in [3.05, 3.63) is 48.5 Å².